The Bertz CT molecular complexity index is 840. The molecule has 1 saturated heterocycles. The molecule has 132 valence electrons. The zero-order valence-electron chi connectivity index (χ0n) is 14.5. The van der Waals surface area contributed by atoms with E-state index in [-0.39, 0.29) is 16.7 Å². The summed E-state index contributed by atoms with van der Waals surface area (Å²) in [5.41, 5.74) is 0.568. The molecule has 3 rings (SSSR count). The second kappa shape index (κ2) is 7.87. The van der Waals surface area contributed by atoms with Crippen LogP contribution >= 0.6 is 11.8 Å². The number of hydrogen-bond donors (Lipinski definition) is 0. The highest BCUT2D eigenvalue weighted by molar-refractivity contribution is 8.00. The molecule has 0 radical (unpaired) electrons. The molecule has 1 aliphatic heterocycles. The monoisotopic (exact) mass is 357 g/mol. The SMILES string of the molecule is C=CCn1c(S[C@H](C)C(=O)N2CCCCC2)nc2ccccc2c1=O. The van der Waals surface area contributed by atoms with Crippen molar-refractivity contribution in [1.82, 2.24) is 14.5 Å². The summed E-state index contributed by atoms with van der Waals surface area (Å²) in [6.07, 6.45) is 5.01. The van der Waals surface area contributed by atoms with Crippen molar-refractivity contribution in [3.05, 3.63) is 47.3 Å². The number of aromatic nitrogens is 2. The first-order valence-corrected chi connectivity index (χ1v) is 9.55. The molecular formula is C19H23N3O2S. The molecule has 1 aliphatic rings. The quantitative estimate of drug-likeness (QED) is 0.469. The fraction of sp³-hybridized carbons (Fsp3) is 0.421. The van der Waals surface area contributed by atoms with Gasteiger partial charge in [0.25, 0.3) is 5.56 Å². The van der Waals surface area contributed by atoms with Crippen LogP contribution in [-0.4, -0.2) is 38.7 Å². The minimum Gasteiger partial charge on any atom is -0.342 e. The first-order valence-electron chi connectivity index (χ1n) is 8.67. The maximum Gasteiger partial charge on any atom is 0.262 e. The van der Waals surface area contributed by atoms with E-state index in [4.69, 9.17) is 0 Å². The van der Waals surface area contributed by atoms with Gasteiger partial charge in [0.1, 0.15) is 0 Å². The van der Waals surface area contributed by atoms with Gasteiger partial charge >= 0.3 is 0 Å². The van der Waals surface area contributed by atoms with E-state index < -0.39 is 0 Å². The van der Waals surface area contributed by atoms with E-state index in [1.54, 1.807) is 16.7 Å². The Labute approximate surface area is 151 Å². The van der Waals surface area contributed by atoms with Crippen molar-refractivity contribution in [2.24, 2.45) is 0 Å². The summed E-state index contributed by atoms with van der Waals surface area (Å²) in [5, 5.41) is 0.882. The molecule has 1 aromatic carbocycles. The molecule has 6 heteroatoms. The van der Waals surface area contributed by atoms with Crippen molar-refractivity contribution in [2.75, 3.05) is 13.1 Å². The van der Waals surface area contributed by atoms with Gasteiger partial charge in [0.05, 0.1) is 16.2 Å². The highest BCUT2D eigenvalue weighted by Crippen LogP contribution is 2.25. The van der Waals surface area contributed by atoms with E-state index in [0.29, 0.717) is 22.6 Å². The van der Waals surface area contributed by atoms with E-state index in [1.807, 2.05) is 30.0 Å². The number of fused-ring (bicyclic) bond motifs is 1. The molecule has 1 aromatic heterocycles. The molecule has 0 aliphatic carbocycles. The normalized spacial score (nSPS) is 16.0. The fourth-order valence-electron chi connectivity index (χ4n) is 3.11. The number of likely N-dealkylation sites (tertiary alicyclic amines) is 1. The van der Waals surface area contributed by atoms with Gasteiger partial charge in [0, 0.05) is 19.6 Å². The second-order valence-corrected chi connectivity index (χ2v) is 7.57. The lowest BCUT2D eigenvalue weighted by Gasteiger charge is -2.29. The number of benzene rings is 1. The predicted octanol–water partition coefficient (Wildman–Crippen LogP) is 3.08. The lowest BCUT2D eigenvalue weighted by molar-refractivity contribution is -0.131. The Balaban J connectivity index is 1.91. The third-order valence-corrected chi connectivity index (χ3v) is 5.51. The van der Waals surface area contributed by atoms with Gasteiger partial charge in [-0.15, -0.1) is 6.58 Å². The average Bonchev–Trinajstić information content (AvgIpc) is 2.65. The number of piperidine rings is 1. The lowest BCUT2D eigenvalue weighted by atomic mass is 10.1. The van der Waals surface area contributed by atoms with Crippen LogP contribution in [0.1, 0.15) is 26.2 Å². The van der Waals surface area contributed by atoms with Gasteiger partial charge in [-0.05, 0) is 38.3 Å². The number of hydrogen-bond acceptors (Lipinski definition) is 4. The summed E-state index contributed by atoms with van der Waals surface area (Å²) >= 11 is 1.35. The maximum atomic E-state index is 12.8. The van der Waals surface area contributed by atoms with Gasteiger partial charge in [-0.2, -0.15) is 0 Å². The number of carbonyl (C=O) groups excluding carboxylic acids is 1. The number of amides is 1. The van der Waals surface area contributed by atoms with Crippen LogP contribution in [0.15, 0.2) is 46.9 Å². The van der Waals surface area contributed by atoms with Crippen LogP contribution in [0.4, 0.5) is 0 Å². The molecule has 5 nitrogen and oxygen atoms in total. The van der Waals surface area contributed by atoms with Gasteiger partial charge < -0.3 is 4.90 Å². The smallest absolute Gasteiger partial charge is 0.262 e. The zero-order chi connectivity index (χ0) is 17.8. The van der Waals surface area contributed by atoms with Crippen LogP contribution in [0.5, 0.6) is 0 Å². The highest BCUT2D eigenvalue weighted by Gasteiger charge is 2.24. The van der Waals surface area contributed by atoms with Gasteiger partial charge in [0.2, 0.25) is 5.91 Å². The summed E-state index contributed by atoms with van der Waals surface area (Å²) in [4.78, 5) is 32.0. The lowest BCUT2D eigenvalue weighted by Crippen LogP contribution is -2.40. The van der Waals surface area contributed by atoms with E-state index in [9.17, 15) is 9.59 Å². The predicted molar refractivity (Wildman–Crippen MR) is 102 cm³/mol. The molecule has 0 spiro atoms. The molecule has 0 bridgehead atoms. The van der Waals surface area contributed by atoms with Crippen molar-refractivity contribution in [3.63, 3.8) is 0 Å². The minimum absolute atomic E-state index is 0.0920. The first-order chi connectivity index (χ1) is 12.1. The molecule has 2 aromatic rings. The van der Waals surface area contributed by atoms with Crippen molar-refractivity contribution in [3.8, 4) is 0 Å². The van der Waals surface area contributed by atoms with E-state index >= 15 is 0 Å². The van der Waals surface area contributed by atoms with Gasteiger partial charge in [-0.3, -0.25) is 14.2 Å². The highest BCUT2D eigenvalue weighted by atomic mass is 32.2. The zero-order valence-corrected chi connectivity index (χ0v) is 15.3. The van der Waals surface area contributed by atoms with Gasteiger partial charge in [0.15, 0.2) is 5.16 Å². The summed E-state index contributed by atoms with van der Waals surface area (Å²) in [6, 6.07) is 7.31. The first kappa shape index (κ1) is 17.7. The summed E-state index contributed by atoms with van der Waals surface area (Å²) in [7, 11) is 0. The summed E-state index contributed by atoms with van der Waals surface area (Å²) in [5.74, 6) is 0.122. The molecule has 0 saturated carbocycles. The Morgan fingerprint density at radius 2 is 2.04 bits per heavy atom. The van der Waals surface area contributed by atoms with Crippen molar-refractivity contribution < 1.29 is 4.79 Å². The minimum atomic E-state index is -0.276. The Morgan fingerprint density at radius 3 is 2.76 bits per heavy atom. The fourth-order valence-corrected chi connectivity index (χ4v) is 4.11. The van der Waals surface area contributed by atoms with Crippen LogP contribution in [-0.2, 0) is 11.3 Å². The molecular weight excluding hydrogens is 334 g/mol. The van der Waals surface area contributed by atoms with Crippen LogP contribution < -0.4 is 5.56 Å². The second-order valence-electron chi connectivity index (χ2n) is 6.26. The Kier molecular flexibility index (Phi) is 5.58. The topological polar surface area (TPSA) is 55.2 Å². The molecule has 25 heavy (non-hydrogen) atoms. The van der Waals surface area contributed by atoms with Gasteiger partial charge in [-0.1, -0.05) is 30.0 Å². The molecule has 0 N–H and O–H groups in total. The molecule has 0 unspecified atom stereocenters. The Morgan fingerprint density at radius 1 is 1.32 bits per heavy atom. The molecule has 2 heterocycles. The Hall–Kier alpha value is -2.08. The number of allylic oxidation sites excluding steroid dienone is 1. The number of thioether (sulfide) groups is 1. The number of rotatable bonds is 5. The number of nitrogens with zero attached hydrogens (tertiary/aromatic N) is 3. The average molecular weight is 357 g/mol. The van der Waals surface area contributed by atoms with Crippen molar-refractivity contribution >= 4 is 28.6 Å². The summed E-state index contributed by atoms with van der Waals surface area (Å²) < 4.78 is 1.60. The maximum absolute atomic E-state index is 12.8. The molecule has 1 amide bonds. The van der Waals surface area contributed by atoms with E-state index in [1.165, 1.54) is 18.2 Å². The van der Waals surface area contributed by atoms with E-state index in [2.05, 4.69) is 11.6 Å². The number of carbonyl (C=O) groups is 1. The van der Waals surface area contributed by atoms with Crippen molar-refractivity contribution in [1.29, 1.82) is 0 Å². The van der Waals surface area contributed by atoms with Crippen LogP contribution in [0.2, 0.25) is 0 Å². The van der Waals surface area contributed by atoms with Crippen LogP contribution in [0.25, 0.3) is 10.9 Å². The van der Waals surface area contributed by atoms with Crippen LogP contribution in [0, 0.1) is 0 Å². The van der Waals surface area contributed by atoms with Crippen molar-refractivity contribution in [2.45, 2.75) is 43.1 Å². The van der Waals surface area contributed by atoms with Gasteiger partial charge in [-0.25, -0.2) is 4.98 Å². The summed E-state index contributed by atoms with van der Waals surface area (Å²) in [6.45, 7) is 7.66. The van der Waals surface area contributed by atoms with Crippen LogP contribution in [0.3, 0.4) is 0 Å². The standard InChI is InChI=1S/C19H23N3O2S/c1-3-11-22-18(24)15-9-5-6-10-16(15)20-19(22)25-14(2)17(23)21-12-7-4-8-13-21/h3,5-6,9-10,14H,1,4,7-8,11-13H2,2H3/t14-/m1/s1. The molecule has 1 fully saturated rings. The number of para-hydroxylation sites is 1. The largest absolute Gasteiger partial charge is 0.342 e. The van der Waals surface area contributed by atoms with E-state index in [0.717, 1.165) is 25.9 Å². The molecule has 1 atom stereocenters. The third kappa shape index (κ3) is 3.79. The third-order valence-electron chi connectivity index (χ3n) is 4.44.